The van der Waals surface area contributed by atoms with Gasteiger partial charge in [0.15, 0.2) is 11.6 Å². The Balaban J connectivity index is 0.000000179. The number of hydrogen-bond acceptors (Lipinski definition) is 16. The Morgan fingerprint density at radius 2 is 0.860 bits per heavy atom. The number of aliphatic hydroxyl groups is 1. The fourth-order valence-corrected chi connectivity index (χ4v) is 21.1. The molecule has 16 heterocycles. The number of ether oxygens (including phenoxy) is 14. The molecule has 16 nitrogen and oxygen atoms in total. The van der Waals surface area contributed by atoms with Crippen LogP contribution in [-0.2, 0) is 71.1 Å². The van der Waals surface area contributed by atoms with E-state index < -0.39 is 11.6 Å². The first kappa shape index (κ1) is 75.7. The lowest BCUT2D eigenvalue weighted by Crippen LogP contribution is -2.54. The molecule has 16 aliphatic heterocycles. The van der Waals surface area contributed by atoms with Crippen LogP contribution in [0.25, 0.3) is 0 Å². The van der Waals surface area contributed by atoms with Crippen LogP contribution in [0.1, 0.15) is 223 Å². The highest BCUT2D eigenvalue weighted by atomic mass is 16.8. The molecule has 0 aromatic rings. The van der Waals surface area contributed by atoms with Gasteiger partial charge in [0, 0.05) is 63.4 Å². The third-order valence-electron chi connectivity index (χ3n) is 27.8. The van der Waals surface area contributed by atoms with Gasteiger partial charge in [0.2, 0.25) is 0 Å². The lowest BCUT2D eigenvalue weighted by Gasteiger charge is -2.42. The average molecular weight is 1400 g/mol. The van der Waals surface area contributed by atoms with E-state index in [1.807, 2.05) is 12.2 Å². The highest BCUT2D eigenvalue weighted by Crippen LogP contribution is 2.57. The molecular formula is C84H130O16. The minimum atomic E-state index is -0.643. The van der Waals surface area contributed by atoms with Gasteiger partial charge in [-0.2, -0.15) is 0 Å². The Kier molecular flexibility index (Phi) is 24.3. The van der Waals surface area contributed by atoms with E-state index >= 15 is 0 Å². The maximum absolute atomic E-state index is 11.7. The smallest absolute Gasteiger partial charge is 0.172 e. The van der Waals surface area contributed by atoms with Crippen LogP contribution >= 0.6 is 0 Å². The van der Waals surface area contributed by atoms with E-state index in [1.54, 1.807) is 0 Å². The Hall–Kier alpha value is -2.49. The topological polar surface area (TPSA) is 167 Å². The highest BCUT2D eigenvalue weighted by Gasteiger charge is 2.69. The van der Waals surface area contributed by atoms with Crippen molar-refractivity contribution in [1.29, 1.82) is 0 Å². The molecule has 0 aromatic heterocycles. The van der Waals surface area contributed by atoms with Crippen LogP contribution in [0, 0.1) is 59.2 Å². The van der Waals surface area contributed by atoms with E-state index in [2.05, 4.69) is 109 Å². The van der Waals surface area contributed by atoms with Gasteiger partial charge in [-0.05, 0) is 166 Å². The highest BCUT2D eigenvalue weighted by molar-refractivity contribution is 5.50. The standard InChI is InChI=1S/C42H66O8.C42H64O8/c2*1-9-11-33-28(8)38-40-41(47-33)39-37(48-40)22-42(49-38,50-39)16-14-30-20-25(5)32(44-30)13-12-29-19-24(4)26(6)35(45-29)21-36-31(15-17-43)27(7)34(46-36)18-23(3)10-2/h9,23-24,27-41,43H,1,5-6,10-22H2,2-4,7-8H3;9,17,23-24,27-41H,1,5-6,10-16,18-22H2,2-4,7-8H3/t2*23-,24-,27-,28+,29+,30+,31-,32?,33+,34-,35-,36?,37-,38?,39?,40+,41+,42-/m11/s1. The molecular weight excluding hydrogens is 1260 g/mol. The van der Waals surface area contributed by atoms with Crippen LogP contribution in [0.5, 0.6) is 0 Å². The van der Waals surface area contributed by atoms with E-state index in [1.165, 1.54) is 16.7 Å². The molecule has 16 saturated heterocycles. The molecule has 12 bridgehead atoms. The molecule has 562 valence electrons. The van der Waals surface area contributed by atoms with Crippen molar-refractivity contribution in [1.82, 2.24) is 0 Å². The van der Waals surface area contributed by atoms with Crippen molar-refractivity contribution in [3.05, 3.63) is 73.9 Å². The summed E-state index contributed by atoms with van der Waals surface area (Å²) in [6.45, 7) is 48.6. The summed E-state index contributed by atoms with van der Waals surface area (Å²) in [6.07, 6.45) is 27.0. The molecule has 1 N–H and O–H groups in total. The first-order valence-corrected chi connectivity index (χ1v) is 40.3. The van der Waals surface area contributed by atoms with Gasteiger partial charge in [-0.25, -0.2) is 0 Å². The van der Waals surface area contributed by atoms with Gasteiger partial charge in [0.1, 0.15) is 42.9 Å². The van der Waals surface area contributed by atoms with Crippen LogP contribution in [0.15, 0.2) is 73.9 Å². The molecule has 16 rings (SSSR count). The largest absolute Gasteiger partial charge is 0.396 e. The molecule has 0 aromatic carbocycles. The van der Waals surface area contributed by atoms with Gasteiger partial charge in [0.05, 0.1) is 110 Å². The molecule has 0 radical (unpaired) electrons. The number of aliphatic hydroxyl groups excluding tert-OH is 1. The van der Waals surface area contributed by atoms with Crippen molar-refractivity contribution < 1.29 is 76.2 Å². The zero-order chi connectivity index (χ0) is 70.6. The quantitative estimate of drug-likeness (QED) is 0.0532. The Morgan fingerprint density at radius 1 is 0.450 bits per heavy atom. The molecule has 0 saturated carbocycles. The zero-order valence-electron chi connectivity index (χ0n) is 62.9. The summed E-state index contributed by atoms with van der Waals surface area (Å²) >= 11 is 0. The summed E-state index contributed by atoms with van der Waals surface area (Å²) in [4.78, 5) is 11.7. The number of aldehydes is 1. The van der Waals surface area contributed by atoms with Gasteiger partial charge >= 0.3 is 0 Å². The van der Waals surface area contributed by atoms with Crippen LogP contribution in [-0.4, -0.2) is 176 Å². The molecule has 100 heavy (non-hydrogen) atoms. The molecule has 0 spiro atoms. The first-order valence-electron chi connectivity index (χ1n) is 40.3. The van der Waals surface area contributed by atoms with Crippen molar-refractivity contribution in [3.8, 4) is 0 Å². The molecule has 0 amide bonds. The number of carbonyl (C=O) groups excluding carboxylic acids is 1. The summed E-state index contributed by atoms with van der Waals surface area (Å²) in [5.41, 5.74) is 4.72. The monoisotopic (exact) mass is 1390 g/mol. The summed E-state index contributed by atoms with van der Waals surface area (Å²) < 4.78 is 93.6. The second kappa shape index (κ2) is 32.1. The fraction of sp³-hybridized carbons (Fsp3) is 0.845. The van der Waals surface area contributed by atoms with Gasteiger partial charge < -0.3 is 76.2 Å². The first-order chi connectivity index (χ1) is 48.0. The maximum Gasteiger partial charge on any atom is 0.172 e. The predicted octanol–water partition coefficient (Wildman–Crippen LogP) is 15.1. The summed E-state index contributed by atoms with van der Waals surface area (Å²) in [7, 11) is 0. The van der Waals surface area contributed by atoms with Gasteiger partial charge in [-0.15, -0.1) is 13.2 Å². The minimum absolute atomic E-state index is 0.0197. The second-order valence-electron chi connectivity index (χ2n) is 34.6. The zero-order valence-corrected chi connectivity index (χ0v) is 62.9. The van der Waals surface area contributed by atoms with Crippen LogP contribution in [0.2, 0.25) is 0 Å². The second-order valence-corrected chi connectivity index (χ2v) is 34.6. The van der Waals surface area contributed by atoms with E-state index in [-0.39, 0.29) is 171 Å². The van der Waals surface area contributed by atoms with E-state index in [9.17, 15) is 9.90 Å². The lowest BCUT2D eigenvalue weighted by molar-refractivity contribution is -0.263. The molecule has 16 heteroatoms. The Bertz CT molecular complexity index is 2850. The normalized spacial score (nSPS) is 48.7. The molecule has 0 aliphatic carbocycles. The van der Waals surface area contributed by atoms with Gasteiger partial charge in [-0.1, -0.05) is 121 Å². The van der Waals surface area contributed by atoms with E-state index in [4.69, 9.17) is 66.3 Å². The van der Waals surface area contributed by atoms with Crippen molar-refractivity contribution in [2.75, 3.05) is 6.61 Å². The predicted molar refractivity (Wildman–Crippen MR) is 384 cm³/mol. The maximum atomic E-state index is 11.7. The average Bonchev–Trinajstić information content (AvgIpc) is 1.56. The SMILES string of the molecule is C=CC[C@@H]1O[C@H]2C3O[C@]4(CC[C@H]5CC(=C)C(CC[C@H]6C[C@@H](C)C(=C)[C@@H](CC7O[C@H](C[C@H](C)CC)[C@H](C)[C@H]7CC=O)O6)O5)C[C@H]3O[C@H]2C(O4)[C@H]1C.C=CC[C@@H]1O[C@H]2C3O[C@]4(CC[C@H]5CC(=C)C(CC[C@H]6C[C@@H](C)C(=C)[C@@H](CC7O[C@H](C[C@H](C)CC)[C@H](C)[C@H]7CCO)O6)O5)C[C@H]3O[C@H]2C(O4)[C@H]1C. The minimum Gasteiger partial charge on any atom is -0.396 e. The van der Waals surface area contributed by atoms with Crippen molar-refractivity contribution in [3.63, 3.8) is 0 Å². The van der Waals surface area contributed by atoms with Crippen molar-refractivity contribution in [2.45, 2.75) is 381 Å². The van der Waals surface area contributed by atoms with Crippen molar-refractivity contribution in [2.24, 2.45) is 59.2 Å². The van der Waals surface area contributed by atoms with Crippen LogP contribution < -0.4 is 0 Å². The fourth-order valence-electron chi connectivity index (χ4n) is 21.1. The van der Waals surface area contributed by atoms with Gasteiger partial charge in [-0.3, -0.25) is 0 Å². The third kappa shape index (κ3) is 15.6. The number of rotatable bonds is 30. The number of hydrogen-bond donors (Lipinski definition) is 1. The van der Waals surface area contributed by atoms with Crippen LogP contribution in [0.4, 0.5) is 0 Å². The van der Waals surface area contributed by atoms with E-state index in [0.717, 1.165) is 160 Å². The van der Waals surface area contributed by atoms with E-state index in [0.29, 0.717) is 47.8 Å². The third-order valence-corrected chi connectivity index (χ3v) is 27.8. The Labute approximate surface area is 600 Å². The Morgan fingerprint density at radius 3 is 1.28 bits per heavy atom. The molecule has 8 unspecified atom stereocenters. The van der Waals surface area contributed by atoms with Gasteiger partial charge in [0.25, 0.3) is 0 Å². The molecule has 16 fully saturated rings. The summed E-state index contributed by atoms with van der Waals surface area (Å²) in [5.74, 6) is 2.54. The number of carbonyl (C=O) groups is 1. The van der Waals surface area contributed by atoms with Crippen molar-refractivity contribution >= 4 is 6.29 Å². The summed E-state index contributed by atoms with van der Waals surface area (Å²) in [6, 6.07) is 0. The molecule has 36 atom stereocenters. The van der Waals surface area contributed by atoms with Crippen LogP contribution in [0.3, 0.4) is 0 Å². The lowest BCUT2D eigenvalue weighted by atomic mass is 9.79. The molecule has 16 aliphatic rings. The summed E-state index contributed by atoms with van der Waals surface area (Å²) in [5, 5.41) is 9.90.